The van der Waals surface area contributed by atoms with E-state index in [0.717, 1.165) is 5.56 Å². The summed E-state index contributed by atoms with van der Waals surface area (Å²) in [5.41, 5.74) is 8.12. The first-order valence-corrected chi connectivity index (χ1v) is 13.3. The Balaban J connectivity index is 1.39. The lowest BCUT2D eigenvalue weighted by atomic mass is 10.0. The number of benzene rings is 3. The number of carbonyl (C=O) groups is 2. The van der Waals surface area contributed by atoms with Crippen LogP contribution in [0.5, 0.6) is 0 Å². The molecule has 37 heavy (non-hydrogen) atoms. The minimum Gasteiger partial charge on any atom is -0.384 e. The van der Waals surface area contributed by atoms with Gasteiger partial charge < -0.3 is 16.0 Å². The van der Waals surface area contributed by atoms with Crippen molar-refractivity contribution in [1.29, 1.82) is 5.41 Å². The molecule has 0 bridgehead atoms. The number of hydrogen-bond acceptors (Lipinski definition) is 5. The molecule has 1 fully saturated rings. The third-order valence-electron chi connectivity index (χ3n) is 6.24. The Morgan fingerprint density at radius 3 is 2.00 bits per heavy atom. The van der Waals surface area contributed by atoms with Crippen molar-refractivity contribution in [3.05, 3.63) is 107 Å². The summed E-state index contributed by atoms with van der Waals surface area (Å²) in [6.45, 7) is 0.00580. The van der Waals surface area contributed by atoms with Crippen LogP contribution in [0.25, 0.3) is 0 Å². The van der Waals surface area contributed by atoms with Crippen molar-refractivity contribution in [1.82, 2.24) is 14.5 Å². The number of piperazine rings is 1. The number of nitrogens with two attached hydrogens (primary N) is 1. The monoisotopic (exact) mass is 519 g/mol. The van der Waals surface area contributed by atoms with Crippen molar-refractivity contribution < 1.29 is 18.0 Å². The van der Waals surface area contributed by atoms with Crippen molar-refractivity contribution in [3.63, 3.8) is 0 Å². The van der Waals surface area contributed by atoms with Crippen LogP contribution in [-0.4, -0.2) is 61.5 Å². The van der Waals surface area contributed by atoms with Gasteiger partial charge in [0, 0.05) is 25.2 Å². The average Bonchev–Trinajstić information content (AvgIpc) is 2.90. The van der Waals surface area contributed by atoms with Crippen LogP contribution in [0.15, 0.2) is 84.9 Å². The third kappa shape index (κ3) is 6.22. The number of sulfonamides is 1. The van der Waals surface area contributed by atoms with Gasteiger partial charge in [-0.1, -0.05) is 84.9 Å². The fourth-order valence-electron chi connectivity index (χ4n) is 4.24. The minimum absolute atomic E-state index is 0.0332. The number of amides is 2. The number of rotatable bonds is 9. The molecule has 4 rings (SSSR count). The summed E-state index contributed by atoms with van der Waals surface area (Å²) < 4.78 is 28.7. The standard InChI is InChI=1S/C27H29N5O4S/c28-27(29)23-13-11-20(12-14-23)17-30-24(33)18-31-15-16-32(19-25(31)34)37(35,36)26(21-7-3-1-4-8-21)22-9-5-2-6-10-22/h1-14,26H,15-19H2,(H3,28,29)(H,30,33). The molecular weight excluding hydrogens is 490 g/mol. The van der Waals surface area contributed by atoms with Crippen molar-refractivity contribution in [2.45, 2.75) is 11.8 Å². The van der Waals surface area contributed by atoms with Crippen LogP contribution >= 0.6 is 0 Å². The molecular formula is C27H29N5O4S. The van der Waals surface area contributed by atoms with Gasteiger partial charge in [0.05, 0.1) is 13.1 Å². The van der Waals surface area contributed by atoms with Gasteiger partial charge in [0.1, 0.15) is 11.1 Å². The van der Waals surface area contributed by atoms with Crippen LogP contribution in [0, 0.1) is 5.41 Å². The second-order valence-corrected chi connectivity index (χ2v) is 10.8. The number of nitrogens with one attached hydrogen (secondary N) is 2. The molecule has 1 saturated heterocycles. The highest BCUT2D eigenvalue weighted by molar-refractivity contribution is 7.89. The van der Waals surface area contributed by atoms with Gasteiger partial charge in [0.15, 0.2) is 0 Å². The van der Waals surface area contributed by atoms with Crippen molar-refractivity contribution in [3.8, 4) is 0 Å². The van der Waals surface area contributed by atoms with E-state index in [1.54, 1.807) is 72.8 Å². The molecule has 192 valence electrons. The normalized spacial score (nSPS) is 14.5. The molecule has 3 aromatic rings. The largest absolute Gasteiger partial charge is 0.384 e. The molecule has 10 heteroatoms. The highest BCUT2D eigenvalue weighted by atomic mass is 32.2. The van der Waals surface area contributed by atoms with E-state index >= 15 is 0 Å². The van der Waals surface area contributed by atoms with Gasteiger partial charge in [0.25, 0.3) is 0 Å². The molecule has 1 aliphatic rings. The van der Waals surface area contributed by atoms with Crippen molar-refractivity contribution in [2.24, 2.45) is 5.73 Å². The van der Waals surface area contributed by atoms with E-state index in [4.69, 9.17) is 11.1 Å². The SMILES string of the molecule is N=C(N)c1ccc(CNC(=O)CN2CCN(S(=O)(=O)C(c3ccccc3)c3ccccc3)CC2=O)cc1. The Morgan fingerprint density at radius 2 is 1.49 bits per heavy atom. The fourth-order valence-corrected chi connectivity index (χ4v) is 6.17. The quantitative estimate of drug-likeness (QED) is 0.293. The molecule has 0 aliphatic carbocycles. The van der Waals surface area contributed by atoms with E-state index in [-0.39, 0.29) is 44.5 Å². The Bertz CT molecular complexity index is 1320. The second-order valence-electron chi connectivity index (χ2n) is 8.78. The van der Waals surface area contributed by atoms with Gasteiger partial charge in [-0.3, -0.25) is 15.0 Å². The topological polar surface area (TPSA) is 137 Å². The zero-order valence-electron chi connectivity index (χ0n) is 20.2. The van der Waals surface area contributed by atoms with Crippen molar-refractivity contribution in [2.75, 3.05) is 26.2 Å². The van der Waals surface area contributed by atoms with Crippen LogP contribution in [0.3, 0.4) is 0 Å². The van der Waals surface area contributed by atoms with E-state index in [2.05, 4.69) is 5.32 Å². The van der Waals surface area contributed by atoms with Gasteiger partial charge in [-0.15, -0.1) is 0 Å². The summed E-state index contributed by atoms with van der Waals surface area (Å²) >= 11 is 0. The zero-order valence-corrected chi connectivity index (χ0v) is 21.0. The Kier molecular flexibility index (Phi) is 8.00. The summed E-state index contributed by atoms with van der Waals surface area (Å²) in [5.74, 6) is -0.795. The molecule has 0 radical (unpaired) electrons. The highest BCUT2D eigenvalue weighted by Gasteiger charge is 2.39. The number of nitrogen functional groups attached to an aromatic ring is 1. The Morgan fingerprint density at radius 1 is 0.919 bits per heavy atom. The molecule has 0 aromatic heterocycles. The van der Waals surface area contributed by atoms with Crippen LogP contribution in [0.1, 0.15) is 27.5 Å². The van der Waals surface area contributed by atoms with E-state index in [0.29, 0.717) is 16.7 Å². The van der Waals surface area contributed by atoms with Crippen LogP contribution in [0.4, 0.5) is 0 Å². The summed E-state index contributed by atoms with van der Waals surface area (Å²) in [7, 11) is -3.91. The maximum Gasteiger partial charge on any atom is 0.239 e. The lowest BCUT2D eigenvalue weighted by Crippen LogP contribution is -2.55. The fraction of sp³-hybridized carbons (Fsp3) is 0.222. The summed E-state index contributed by atoms with van der Waals surface area (Å²) in [4.78, 5) is 26.7. The summed E-state index contributed by atoms with van der Waals surface area (Å²) in [6.07, 6.45) is 0. The first-order valence-electron chi connectivity index (χ1n) is 11.8. The lowest BCUT2D eigenvalue weighted by Gasteiger charge is -2.35. The number of nitrogens with zero attached hydrogens (tertiary/aromatic N) is 2. The number of amidine groups is 1. The van der Waals surface area contributed by atoms with Gasteiger partial charge in [-0.2, -0.15) is 4.31 Å². The molecule has 9 nitrogen and oxygen atoms in total. The second kappa shape index (κ2) is 11.4. The molecule has 2 amide bonds. The molecule has 4 N–H and O–H groups in total. The molecule has 0 saturated carbocycles. The maximum atomic E-state index is 13.7. The lowest BCUT2D eigenvalue weighted by molar-refractivity contribution is -0.138. The summed E-state index contributed by atoms with van der Waals surface area (Å²) in [6, 6.07) is 24.8. The van der Waals surface area contributed by atoms with Gasteiger partial charge in [-0.05, 0) is 16.7 Å². The molecule has 0 unspecified atom stereocenters. The van der Waals surface area contributed by atoms with Gasteiger partial charge in [-0.25, -0.2) is 8.42 Å². The zero-order chi connectivity index (χ0) is 26.4. The van der Waals surface area contributed by atoms with Crippen LogP contribution < -0.4 is 11.1 Å². The third-order valence-corrected chi connectivity index (χ3v) is 8.41. The Labute approximate surface area is 216 Å². The molecule has 1 aliphatic heterocycles. The smallest absolute Gasteiger partial charge is 0.239 e. The van der Waals surface area contributed by atoms with E-state index in [1.807, 2.05) is 12.1 Å². The van der Waals surface area contributed by atoms with E-state index < -0.39 is 21.2 Å². The number of hydrogen-bond donors (Lipinski definition) is 3. The van der Waals surface area contributed by atoms with Crippen LogP contribution in [0.2, 0.25) is 0 Å². The van der Waals surface area contributed by atoms with Crippen LogP contribution in [-0.2, 0) is 26.2 Å². The van der Waals surface area contributed by atoms with E-state index in [9.17, 15) is 18.0 Å². The molecule has 0 spiro atoms. The molecule has 1 heterocycles. The maximum absolute atomic E-state index is 13.7. The highest BCUT2D eigenvalue weighted by Crippen LogP contribution is 2.33. The first-order chi connectivity index (χ1) is 17.8. The Hall–Kier alpha value is -4.02. The molecule has 3 aromatic carbocycles. The van der Waals surface area contributed by atoms with E-state index in [1.165, 1.54) is 9.21 Å². The number of carbonyl (C=O) groups excluding carboxylic acids is 2. The molecule has 0 atom stereocenters. The first kappa shape index (κ1) is 26.1. The van der Waals surface area contributed by atoms with Gasteiger partial charge in [0.2, 0.25) is 21.8 Å². The summed E-state index contributed by atoms with van der Waals surface area (Å²) in [5, 5.41) is 9.26. The van der Waals surface area contributed by atoms with Crippen molar-refractivity contribution >= 4 is 27.7 Å². The minimum atomic E-state index is -3.91. The van der Waals surface area contributed by atoms with Gasteiger partial charge >= 0.3 is 0 Å². The average molecular weight is 520 g/mol. The predicted octanol–water partition coefficient (Wildman–Crippen LogP) is 1.85. The predicted molar refractivity (Wildman–Crippen MR) is 141 cm³/mol.